The predicted octanol–water partition coefficient (Wildman–Crippen LogP) is 3.08. The van der Waals surface area contributed by atoms with Crippen molar-refractivity contribution in [1.82, 2.24) is 0 Å². The Balaban J connectivity index is 2.63. The van der Waals surface area contributed by atoms with Crippen molar-refractivity contribution in [3.05, 3.63) is 0 Å². The van der Waals surface area contributed by atoms with Crippen molar-refractivity contribution >= 4 is 11.9 Å². The molecule has 0 aromatic carbocycles. The molecule has 0 saturated carbocycles. The van der Waals surface area contributed by atoms with E-state index < -0.39 is 12.4 Å². The topological polar surface area (TPSA) is 71.1 Å². The molecule has 0 N–H and O–H groups in total. The maximum absolute atomic E-state index is 11.9. The molecule has 0 radical (unpaired) electrons. The third-order valence-electron chi connectivity index (χ3n) is 4.61. The summed E-state index contributed by atoms with van der Waals surface area (Å²) in [5.74, 6) is -0.318. The minimum absolute atomic E-state index is 0.0455. The molecule has 1 aliphatic rings. The molecular formula is C18H32O6. The van der Waals surface area contributed by atoms with E-state index in [2.05, 4.69) is 0 Å². The van der Waals surface area contributed by atoms with Crippen molar-refractivity contribution in [1.29, 1.82) is 0 Å². The van der Waals surface area contributed by atoms with Crippen LogP contribution in [0.5, 0.6) is 0 Å². The molecule has 5 atom stereocenters. The monoisotopic (exact) mass is 344 g/mol. The number of rotatable bonds is 9. The van der Waals surface area contributed by atoms with Gasteiger partial charge in [-0.1, -0.05) is 34.1 Å². The molecule has 0 amide bonds. The fourth-order valence-electron chi connectivity index (χ4n) is 2.79. The second-order valence-corrected chi connectivity index (χ2v) is 6.49. The molecule has 24 heavy (non-hydrogen) atoms. The molecule has 0 spiro atoms. The van der Waals surface area contributed by atoms with Gasteiger partial charge in [0.05, 0.1) is 6.10 Å². The molecule has 2 unspecified atom stereocenters. The Bertz CT molecular complexity index is 395. The molecule has 0 aliphatic carbocycles. The fourth-order valence-corrected chi connectivity index (χ4v) is 2.79. The second kappa shape index (κ2) is 10.7. The summed E-state index contributed by atoms with van der Waals surface area (Å²) in [6, 6.07) is 0. The molecule has 140 valence electrons. The van der Waals surface area contributed by atoms with Crippen LogP contribution in [0.4, 0.5) is 0 Å². The largest absolute Gasteiger partial charge is 0.463 e. The van der Waals surface area contributed by atoms with E-state index in [1.165, 1.54) is 7.11 Å². The summed E-state index contributed by atoms with van der Waals surface area (Å²) in [4.78, 5) is 23.5. The number of unbranched alkanes of at least 4 members (excludes halogenated alkanes) is 1. The van der Waals surface area contributed by atoms with Gasteiger partial charge in [0.25, 0.3) is 0 Å². The van der Waals surface area contributed by atoms with Gasteiger partial charge in [0, 0.05) is 25.9 Å². The van der Waals surface area contributed by atoms with Crippen LogP contribution in [0.3, 0.4) is 0 Å². The Kier molecular flexibility index (Phi) is 9.29. The highest BCUT2D eigenvalue weighted by atomic mass is 16.7. The van der Waals surface area contributed by atoms with E-state index in [-0.39, 0.29) is 36.5 Å². The maximum Gasteiger partial charge on any atom is 0.306 e. The van der Waals surface area contributed by atoms with Crippen LogP contribution in [-0.2, 0) is 28.5 Å². The lowest BCUT2D eigenvalue weighted by Gasteiger charge is -2.43. The lowest BCUT2D eigenvalue weighted by Crippen LogP contribution is -2.53. The highest BCUT2D eigenvalue weighted by molar-refractivity contribution is 5.69. The van der Waals surface area contributed by atoms with E-state index >= 15 is 0 Å². The van der Waals surface area contributed by atoms with Gasteiger partial charge in [-0.3, -0.25) is 9.59 Å². The molecule has 6 nitrogen and oxygen atoms in total. The lowest BCUT2D eigenvalue weighted by molar-refractivity contribution is -0.273. The van der Waals surface area contributed by atoms with Gasteiger partial charge in [0.2, 0.25) is 0 Å². The van der Waals surface area contributed by atoms with E-state index in [1.54, 1.807) is 0 Å². The van der Waals surface area contributed by atoms with Crippen LogP contribution in [0, 0.1) is 11.8 Å². The summed E-state index contributed by atoms with van der Waals surface area (Å²) in [6.45, 7) is 8.19. The van der Waals surface area contributed by atoms with Crippen LogP contribution in [0.2, 0.25) is 0 Å². The minimum atomic E-state index is -0.642. The zero-order chi connectivity index (χ0) is 18.1. The lowest BCUT2D eigenvalue weighted by atomic mass is 9.83. The molecule has 1 heterocycles. The average molecular weight is 344 g/mol. The molecule has 6 heteroatoms. The van der Waals surface area contributed by atoms with Gasteiger partial charge in [-0.25, -0.2) is 0 Å². The number of hydrogen-bond donors (Lipinski definition) is 0. The summed E-state index contributed by atoms with van der Waals surface area (Å²) in [6.07, 6.45) is 1.97. The Morgan fingerprint density at radius 1 is 1.00 bits per heavy atom. The Labute approximate surface area is 145 Å². The standard InChI is InChI=1S/C18H32O6/c1-6-8-10-16(20)24-17-13(4)12(3)14(23-18(17)21-5)11-22-15(19)9-7-2/h12-14,17-18H,6-11H2,1-5H3/t12-,13-,14?,17?,18+/m0/s1. The van der Waals surface area contributed by atoms with Gasteiger partial charge in [0.15, 0.2) is 12.4 Å². The SMILES string of the molecule is CCCCC(=O)OC1[C@H](OC)OC(COC(=O)CCC)[C@@H](C)[C@@H]1C. The van der Waals surface area contributed by atoms with Crippen molar-refractivity contribution in [2.24, 2.45) is 11.8 Å². The minimum Gasteiger partial charge on any atom is -0.463 e. The number of hydrogen-bond acceptors (Lipinski definition) is 6. The zero-order valence-electron chi connectivity index (χ0n) is 15.6. The van der Waals surface area contributed by atoms with Crippen molar-refractivity contribution < 1.29 is 28.5 Å². The first-order valence-corrected chi connectivity index (χ1v) is 8.97. The fraction of sp³-hybridized carbons (Fsp3) is 0.889. The molecule has 1 fully saturated rings. The average Bonchev–Trinajstić information content (AvgIpc) is 2.56. The van der Waals surface area contributed by atoms with Crippen LogP contribution in [0.1, 0.15) is 59.8 Å². The van der Waals surface area contributed by atoms with Gasteiger partial charge in [-0.15, -0.1) is 0 Å². The first-order valence-electron chi connectivity index (χ1n) is 8.97. The normalized spacial score (nSPS) is 30.0. The number of carbonyl (C=O) groups is 2. The van der Waals surface area contributed by atoms with Crippen molar-refractivity contribution in [3.63, 3.8) is 0 Å². The zero-order valence-corrected chi connectivity index (χ0v) is 15.6. The molecular weight excluding hydrogens is 312 g/mol. The molecule has 0 aromatic heterocycles. The maximum atomic E-state index is 11.9. The van der Waals surface area contributed by atoms with Gasteiger partial charge in [-0.2, -0.15) is 0 Å². The second-order valence-electron chi connectivity index (χ2n) is 6.49. The van der Waals surface area contributed by atoms with Crippen LogP contribution in [0.25, 0.3) is 0 Å². The summed E-state index contributed by atoms with van der Waals surface area (Å²) >= 11 is 0. The molecule has 0 aromatic rings. The van der Waals surface area contributed by atoms with E-state index in [1.807, 2.05) is 27.7 Å². The van der Waals surface area contributed by atoms with Crippen LogP contribution < -0.4 is 0 Å². The van der Waals surface area contributed by atoms with Crippen molar-refractivity contribution in [2.75, 3.05) is 13.7 Å². The molecule has 1 saturated heterocycles. The third-order valence-corrected chi connectivity index (χ3v) is 4.61. The van der Waals surface area contributed by atoms with Crippen molar-refractivity contribution in [3.8, 4) is 0 Å². The van der Waals surface area contributed by atoms with Crippen LogP contribution in [0.15, 0.2) is 0 Å². The predicted molar refractivity (Wildman–Crippen MR) is 89.3 cm³/mol. The van der Waals surface area contributed by atoms with E-state index in [4.69, 9.17) is 18.9 Å². The number of esters is 2. The smallest absolute Gasteiger partial charge is 0.306 e. The highest BCUT2D eigenvalue weighted by Gasteiger charge is 2.44. The van der Waals surface area contributed by atoms with E-state index in [9.17, 15) is 9.59 Å². The Hall–Kier alpha value is -1.14. The summed E-state index contributed by atoms with van der Waals surface area (Å²) in [5.41, 5.74) is 0. The quantitative estimate of drug-likeness (QED) is 0.599. The Morgan fingerprint density at radius 2 is 1.71 bits per heavy atom. The van der Waals surface area contributed by atoms with E-state index in [0.29, 0.717) is 12.8 Å². The molecule has 1 aliphatic heterocycles. The Morgan fingerprint density at radius 3 is 2.29 bits per heavy atom. The van der Waals surface area contributed by atoms with Gasteiger partial charge >= 0.3 is 11.9 Å². The van der Waals surface area contributed by atoms with Gasteiger partial charge < -0.3 is 18.9 Å². The van der Waals surface area contributed by atoms with Crippen LogP contribution >= 0.6 is 0 Å². The first kappa shape index (κ1) is 20.9. The van der Waals surface area contributed by atoms with Crippen molar-refractivity contribution in [2.45, 2.75) is 78.3 Å². The van der Waals surface area contributed by atoms with Crippen LogP contribution in [-0.4, -0.2) is 44.2 Å². The highest BCUT2D eigenvalue weighted by Crippen LogP contribution is 2.33. The third kappa shape index (κ3) is 6.06. The first-order chi connectivity index (χ1) is 11.4. The summed E-state index contributed by atoms with van der Waals surface area (Å²) in [7, 11) is 1.53. The summed E-state index contributed by atoms with van der Waals surface area (Å²) < 4.78 is 22.1. The molecule has 0 bridgehead atoms. The number of carbonyl (C=O) groups excluding carboxylic acids is 2. The van der Waals surface area contributed by atoms with Gasteiger partial charge in [-0.05, 0) is 18.8 Å². The molecule has 1 rings (SSSR count). The summed E-state index contributed by atoms with van der Waals surface area (Å²) in [5, 5.41) is 0. The van der Waals surface area contributed by atoms with Gasteiger partial charge in [0.1, 0.15) is 6.61 Å². The number of ether oxygens (including phenoxy) is 4. The van der Waals surface area contributed by atoms with E-state index in [0.717, 1.165) is 19.3 Å². The number of methoxy groups -OCH3 is 1.